The van der Waals surface area contributed by atoms with Crippen LogP contribution in [0.25, 0.3) is 0 Å². The lowest BCUT2D eigenvalue weighted by molar-refractivity contribution is -0.0443. The predicted molar refractivity (Wildman–Crippen MR) is 108 cm³/mol. The number of sulfonamides is 1. The van der Waals surface area contributed by atoms with E-state index in [2.05, 4.69) is 5.10 Å². The number of halogens is 3. The highest BCUT2D eigenvalue weighted by Gasteiger charge is 2.50. The SMILES string of the molecule is COCN(c1ccc(C)cc1/C(C)=N/N(C)c1ccccc1)S(=O)(=O)C(F)(F)F. The van der Waals surface area contributed by atoms with Crippen LogP contribution in [-0.2, 0) is 14.8 Å². The molecule has 10 heteroatoms. The number of hydrogen-bond acceptors (Lipinski definition) is 5. The van der Waals surface area contributed by atoms with Gasteiger partial charge in [-0.05, 0) is 38.1 Å². The molecule has 0 saturated carbocycles. The molecule has 0 amide bonds. The van der Waals surface area contributed by atoms with Crippen LogP contribution in [0, 0.1) is 6.92 Å². The molecule has 0 atom stereocenters. The van der Waals surface area contributed by atoms with Crippen LogP contribution in [0.2, 0.25) is 0 Å². The van der Waals surface area contributed by atoms with E-state index in [1.165, 1.54) is 12.1 Å². The first kappa shape index (κ1) is 22.7. The third-order valence-electron chi connectivity index (χ3n) is 4.07. The third kappa shape index (κ3) is 5.07. The number of ether oxygens (including phenoxy) is 1. The van der Waals surface area contributed by atoms with Gasteiger partial charge in [-0.25, -0.2) is 4.31 Å². The zero-order valence-electron chi connectivity index (χ0n) is 16.4. The standard InChI is InChI=1S/C19H22F3N3O3S/c1-14-10-11-18(25(13-28-4)29(26,27)19(20,21)22)17(12-14)15(2)23-24(3)16-8-6-5-7-9-16/h5-12H,13H2,1-4H3/b23-15+. The number of anilines is 2. The van der Waals surface area contributed by atoms with Crippen LogP contribution in [0.4, 0.5) is 24.5 Å². The van der Waals surface area contributed by atoms with E-state index < -0.39 is 22.3 Å². The number of benzene rings is 2. The van der Waals surface area contributed by atoms with Gasteiger partial charge in [0, 0.05) is 19.7 Å². The smallest absolute Gasteiger partial charge is 0.363 e. The number of hydrazone groups is 1. The summed E-state index contributed by atoms with van der Waals surface area (Å²) in [4.78, 5) is 0. The Balaban J connectivity index is 2.59. The molecular formula is C19H22F3N3O3S. The van der Waals surface area contributed by atoms with Crippen molar-refractivity contribution in [2.45, 2.75) is 19.4 Å². The molecule has 158 valence electrons. The Morgan fingerprint density at radius 1 is 1.14 bits per heavy atom. The van der Waals surface area contributed by atoms with Crippen molar-refractivity contribution in [3.05, 3.63) is 59.7 Å². The number of methoxy groups -OCH3 is 1. The maximum atomic E-state index is 13.2. The minimum atomic E-state index is -5.66. The maximum Gasteiger partial charge on any atom is 0.516 e. The van der Waals surface area contributed by atoms with E-state index in [0.717, 1.165) is 18.4 Å². The van der Waals surface area contributed by atoms with Crippen LogP contribution >= 0.6 is 0 Å². The van der Waals surface area contributed by atoms with Gasteiger partial charge in [0.25, 0.3) is 0 Å². The fourth-order valence-corrected chi connectivity index (χ4v) is 3.56. The van der Waals surface area contributed by atoms with Crippen molar-refractivity contribution in [2.75, 3.05) is 30.2 Å². The minimum absolute atomic E-state index is 0.169. The van der Waals surface area contributed by atoms with E-state index in [-0.39, 0.29) is 15.6 Å². The maximum absolute atomic E-state index is 13.2. The summed E-state index contributed by atoms with van der Waals surface area (Å²) in [5.74, 6) is 0. The fraction of sp³-hybridized carbons (Fsp3) is 0.316. The molecule has 0 unspecified atom stereocenters. The zero-order valence-corrected chi connectivity index (χ0v) is 17.3. The molecule has 6 nitrogen and oxygen atoms in total. The molecule has 2 aromatic carbocycles. The summed E-state index contributed by atoms with van der Waals surface area (Å²) in [6, 6.07) is 13.6. The quantitative estimate of drug-likeness (QED) is 0.378. The van der Waals surface area contributed by atoms with Crippen molar-refractivity contribution in [1.29, 1.82) is 0 Å². The molecule has 0 radical (unpaired) electrons. The van der Waals surface area contributed by atoms with Gasteiger partial charge >= 0.3 is 15.5 Å². The molecule has 0 bridgehead atoms. The lowest BCUT2D eigenvalue weighted by atomic mass is 10.1. The van der Waals surface area contributed by atoms with Crippen LogP contribution < -0.4 is 9.31 Å². The van der Waals surface area contributed by atoms with E-state index in [1.807, 2.05) is 30.3 Å². The van der Waals surface area contributed by atoms with Crippen molar-refractivity contribution in [3.63, 3.8) is 0 Å². The van der Waals surface area contributed by atoms with Crippen LogP contribution in [0.1, 0.15) is 18.1 Å². The predicted octanol–water partition coefficient (Wildman–Crippen LogP) is 4.12. The molecular weight excluding hydrogens is 407 g/mol. The van der Waals surface area contributed by atoms with Crippen LogP contribution in [0.5, 0.6) is 0 Å². The number of rotatable bonds is 7. The molecule has 2 aromatic rings. The average Bonchev–Trinajstić information content (AvgIpc) is 2.66. The zero-order chi connectivity index (χ0) is 21.8. The van der Waals surface area contributed by atoms with Crippen molar-refractivity contribution in [3.8, 4) is 0 Å². The second kappa shape index (κ2) is 8.83. The summed E-state index contributed by atoms with van der Waals surface area (Å²) in [6.45, 7) is 2.56. The largest absolute Gasteiger partial charge is 0.516 e. The fourth-order valence-electron chi connectivity index (χ4n) is 2.65. The van der Waals surface area contributed by atoms with E-state index in [1.54, 1.807) is 32.0 Å². The summed E-state index contributed by atoms with van der Waals surface area (Å²) in [7, 11) is -2.85. The van der Waals surface area contributed by atoms with E-state index in [4.69, 9.17) is 4.74 Å². The number of hydrogen-bond donors (Lipinski definition) is 0. The second-order valence-electron chi connectivity index (χ2n) is 6.28. The van der Waals surface area contributed by atoms with Gasteiger partial charge in [-0.2, -0.15) is 26.7 Å². The number of nitrogens with zero attached hydrogens (tertiary/aromatic N) is 3. The number of para-hydroxylation sites is 1. The molecule has 0 saturated heterocycles. The van der Waals surface area contributed by atoms with Gasteiger partial charge < -0.3 is 4.74 Å². The van der Waals surface area contributed by atoms with E-state index in [0.29, 0.717) is 5.71 Å². The Kier molecular flexibility index (Phi) is 6.91. The molecule has 0 N–H and O–H groups in total. The minimum Gasteiger partial charge on any atom is -0.363 e. The van der Waals surface area contributed by atoms with Gasteiger partial charge in [-0.15, -0.1) is 0 Å². The molecule has 0 aliphatic rings. The van der Waals surface area contributed by atoms with Crippen LogP contribution in [0.15, 0.2) is 53.6 Å². The summed E-state index contributed by atoms with van der Waals surface area (Å²) >= 11 is 0. The molecule has 2 rings (SSSR count). The number of aryl methyl sites for hydroxylation is 1. The topological polar surface area (TPSA) is 62.2 Å². The van der Waals surface area contributed by atoms with E-state index in [9.17, 15) is 21.6 Å². The van der Waals surface area contributed by atoms with Crippen molar-refractivity contribution in [2.24, 2.45) is 5.10 Å². The van der Waals surface area contributed by atoms with Gasteiger partial charge in [-0.3, -0.25) is 5.01 Å². The Morgan fingerprint density at radius 3 is 2.31 bits per heavy atom. The first-order valence-corrected chi connectivity index (χ1v) is 9.96. The lowest BCUT2D eigenvalue weighted by Crippen LogP contribution is -2.42. The van der Waals surface area contributed by atoms with Gasteiger partial charge in [0.05, 0.1) is 17.1 Å². The second-order valence-corrected chi connectivity index (χ2v) is 8.14. The Morgan fingerprint density at radius 2 is 1.76 bits per heavy atom. The summed E-state index contributed by atoms with van der Waals surface area (Å²) in [5.41, 5.74) is -3.55. The summed E-state index contributed by atoms with van der Waals surface area (Å²) in [5, 5.41) is 5.97. The average molecular weight is 429 g/mol. The molecule has 0 aromatic heterocycles. The lowest BCUT2D eigenvalue weighted by Gasteiger charge is -2.27. The van der Waals surface area contributed by atoms with Crippen molar-refractivity contribution >= 4 is 27.1 Å². The first-order valence-electron chi connectivity index (χ1n) is 8.52. The van der Waals surface area contributed by atoms with Crippen LogP contribution in [0.3, 0.4) is 0 Å². The molecule has 0 aliphatic carbocycles. The van der Waals surface area contributed by atoms with Gasteiger partial charge in [0.1, 0.15) is 6.73 Å². The summed E-state index contributed by atoms with van der Waals surface area (Å²) in [6.07, 6.45) is 0. The normalized spacial score (nSPS) is 12.7. The Bertz CT molecular complexity index is 977. The van der Waals surface area contributed by atoms with Gasteiger partial charge in [-0.1, -0.05) is 29.8 Å². The highest BCUT2D eigenvalue weighted by molar-refractivity contribution is 7.93. The molecule has 0 heterocycles. The van der Waals surface area contributed by atoms with Gasteiger partial charge in [0.2, 0.25) is 0 Å². The molecule has 0 spiro atoms. The highest BCUT2D eigenvalue weighted by atomic mass is 32.2. The molecule has 0 aliphatic heterocycles. The molecule has 29 heavy (non-hydrogen) atoms. The number of alkyl halides is 3. The highest BCUT2D eigenvalue weighted by Crippen LogP contribution is 2.33. The molecule has 0 fully saturated rings. The Hall–Kier alpha value is -2.59. The monoisotopic (exact) mass is 429 g/mol. The third-order valence-corrected chi connectivity index (χ3v) is 5.54. The van der Waals surface area contributed by atoms with Crippen molar-refractivity contribution < 1.29 is 26.3 Å². The van der Waals surface area contributed by atoms with Crippen molar-refractivity contribution in [1.82, 2.24) is 0 Å². The first-order chi connectivity index (χ1) is 13.5. The summed E-state index contributed by atoms with van der Waals surface area (Å²) < 4.78 is 68.8. The Labute approximate surface area is 168 Å². The van der Waals surface area contributed by atoms with Crippen LogP contribution in [-0.4, -0.2) is 40.5 Å². The van der Waals surface area contributed by atoms with E-state index >= 15 is 0 Å². The van der Waals surface area contributed by atoms with Gasteiger partial charge in [0.15, 0.2) is 0 Å².